The number of nitrogens with one attached hydrogen (secondary N) is 3. The maximum Gasteiger partial charge on any atom is 0.221 e. The van der Waals surface area contributed by atoms with Crippen LogP contribution in [0, 0.1) is 0 Å². The van der Waals surface area contributed by atoms with Crippen LogP contribution in [0.4, 0.5) is 5.69 Å². The molecule has 0 unspecified atom stereocenters. The number of benzene rings is 1. The zero-order valence-electron chi connectivity index (χ0n) is 12.6. The Morgan fingerprint density at radius 1 is 1.33 bits per heavy atom. The van der Waals surface area contributed by atoms with E-state index in [1.54, 1.807) is 14.2 Å². The van der Waals surface area contributed by atoms with Crippen LogP contribution in [-0.4, -0.2) is 39.2 Å². The van der Waals surface area contributed by atoms with Gasteiger partial charge in [0.15, 0.2) is 5.96 Å². The van der Waals surface area contributed by atoms with Crippen molar-refractivity contribution in [3.63, 3.8) is 0 Å². The molecule has 0 heterocycles. The molecular formula is C14H23IN4O2. The lowest BCUT2D eigenvalue weighted by Gasteiger charge is -2.12. The fraction of sp³-hybridized carbons (Fsp3) is 0.429. The normalized spacial score (nSPS) is 10.5. The summed E-state index contributed by atoms with van der Waals surface area (Å²) in [5.41, 5.74) is 1.85. The lowest BCUT2D eigenvalue weighted by molar-refractivity contribution is -0.114. The van der Waals surface area contributed by atoms with E-state index in [4.69, 9.17) is 4.74 Å². The largest absolute Gasteiger partial charge is 0.383 e. The SMILES string of the molecule is CN=C(NCCOC)NCc1cccc(NC(C)=O)c1.I. The van der Waals surface area contributed by atoms with Gasteiger partial charge in [-0.1, -0.05) is 12.1 Å². The molecule has 0 radical (unpaired) electrons. The summed E-state index contributed by atoms with van der Waals surface area (Å²) in [6.45, 7) is 3.44. The van der Waals surface area contributed by atoms with Crippen LogP contribution in [0.2, 0.25) is 0 Å². The Morgan fingerprint density at radius 3 is 2.71 bits per heavy atom. The molecule has 0 spiro atoms. The van der Waals surface area contributed by atoms with Crippen molar-refractivity contribution in [3.05, 3.63) is 29.8 Å². The van der Waals surface area contributed by atoms with Gasteiger partial charge in [0.05, 0.1) is 6.61 Å². The molecule has 118 valence electrons. The highest BCUT2D eigenvalue weighted by molar-refractivity contribution is 14.0. The summed E-state index contributed by atoms with van der Waals surface area (Å²) in [5, 5.41) is 9.09. The Balaban J connectivity index is 0.00000400. The molecule has 1 rings (SSSR count). The molecule has 0 fully saturated rings. The van der Waals surface area contributed by atoms with Gasteiger partial charge >= 0.3 is 0 Å². The highest BCUT2D eigenvalue weighted by atomic mass is 127. The van der Waals surface area contributed by atoms with Crippen molar-refractivity contribution in [2.24, 2.45) is 4.99 Å². The van der Waals surface area contributed by atoms with Gasteiger partial charge in [0.1, 0.15) is 0 Å². The second kappa shape index (κ2) is 11.3. The summed E-state index contributed by atoms with van der Waals surface area (Å²) >= 11 is 0. The Kier molecular flexibility index (Phi) is 10.6. The first-order valence-electron chi connectivity index (χ1n) is 6.45. The predicted molar refractivity (Wildman–Crippen MR) is 96.2 cm³/mol. The third kappa shape index (κ3) is 8.51. The van der Waals surface area contributed by atoms with E-state index in [1.807, 2.05) is 24.3 Å². The van der Waals surface area contributed by atoms with Gasteiger partial charge in [0.2, 0.25) is 5.91 Å². The number of nitrogens with zero attached hydrogens (tertiary/aromatic N) is 1. The topological polar surface area (TPSA) is 74.8 Å². The van der Waals surface area contributed by atoms with Gasteiger partial charge < -0.3 is 20.7 Å². The van der Waals surface area contributed by atoms with Gasteiger partial charge in [-0.3, -0.25) is 9.79 Å². The van der Waals surface area contributed by atoms with Gasteiger partial charge in [-0.2, -0.15) is 0 Å². The zero-order chi connectivity index (χ0) is 14.8. The lowest BCUT2D eigenvalue weighted by atomic mass is 10.2. The van der Waals surface area contributed by atoms with Crippen LogP contribution in [-0.2, 0) is 16.1 Å². The number of methoxy groups -OCH3 is 1. The molecule has 0 aromatic heterocycles. The average molecular weight is 406 g/mol. The van der Waals surface area contributed by atoms with E-state index in [0.29, 0.717) is 25.7 Å². The first kappa shape index (κ1) is 19.7. The molecule has 3 N–H and O–H groups in total. The maximum absolute atomic E-state index is 11.0. The smallest absolute Gasteiger partial charge is 0.221 e. The molecule has 0 aliphatic carbocycles. The van der Waals surface area contributed by atoms with E-state index >= 15 is 0 Å². The molecule has 21 heavy (non-hydrogen) atoms. The van der Waals surface area contributed by atoms with Gasteiger partial charge in [-0.15, -0.1) is 24.0 Å². The van der Waals surface area contributed by atoms with Crippen LogP contribution in [0.3, 0.4) is 0 Å². The maximum atomic E-state index is 11.0. The molecule has 0 bridgehead atoms. The number of halogens is 1. The third-order valence-corrected chi connectivity index (χ3v) is 2.53. The molecule has 0 atom stereocenters. The number of hydrogen-bond acceptors (Lipinski definition) is 3. The fourth-order valence-electron chi connectivity index (χ4n) is 1.64. The van der Waals surface area contributed by atoms with E-state index in [-0.39, 0.29) is 29.9 Å². The number of ether oxygens (including phenoxy) is 1. The van der Waals surface area contributed by atoms with Gasteiger partial charge in [0.25, 0.3) is 0 Å². The second-order valence-electron chi connectivity index (χ2n) is 4.23. The Bertz CT molecular complexity index is 466. The zero-order valence-corrected chi connectivity index (χ0v) is 14.9. The first-order valence-corrected chi connectivity index (χ1v) is 6.45. The molecule has 0 saturated heterocycles. The van der Waals surface area contributed by atoms with Crippen LogP contribution >= 0.6 is 24.0 Å². The summed E-state index contributed by atoms with van der Waals surface area (Å²) in [6, 6.07) is 7.68. The van der Waals surface area contributed by atoms with E-state index in [9.17, 15) is 4.79 Å². The molecule has 0 aliphatic rings. The molecule has 1 aromatic carbocycles. The number of hydrogen-bond donors (Lipinski definition) is 3. The van der Waals surface area contributed by atoms with E-state index in [1.165, 1.54) is 6.92 Å². The van der Waals surface area contributed by atoms with E-state index < -0.39 is 0 Å². The van der Waals surface area contributed by atoms with Crippen molar-refractivity contribution >= 4 is 41.5 Å². The Hall–Kier alpha value is -1.35. The molecule has 6 nitrogen and oxygen atoms in total. The summed E-state index contributed by atoms with van der Waals surface area (Å²) in [6.07, 6.45) is 0. The predicted octanol–water partition coefficient (Wildman–Crippen LogP) is 1.57. The minimum absolute atomic E-state index is 0. The highest BCUT2D eigenvalue weighted by Crippen LogP contribution is 2.10. The van der Waals surface area contributed by atoms with Crippen molar-refractivity contribution in [1.82, 2.24) is 10.6 Å². The molecule has 7 heteroatoms. The molecular weight excluding hydrogens is 383 g/mol. The second-order valence-corrected chi connectivity index (χ2v) is 4.23. The quantitative estimate of drug-likeness (QED) is 0.290. The van der Waals surface area contributed by atoms with Crippen LogP contribution < -0.4 is 16.0 Å². The van der Waals surface area contributed by atoms with Gasteiger partial charge in [-0.05, 0) is 17.7 Å². The number of aliphatic imine (C=N–C) groups is 1. The number of guanidine groups is 1. The van der Waals surface area contributed by atoms with Crippen LogP contribution in [0.15, 0.2) is 29.3 Å². The summed E-state index contributed by atoms with van der Waals surface area (Å²) in [7, 11) is 3.38. The summed E-state index contributed by atoms with van der Waals surface area (Å²) in [4.78, 5) is 15.1. The van der Waals surface area contributed by atoms with Crippen molar-refractivity contribution in [1.29, 1.82) is 0 Å². The number of rotatable bonds is 6. The fourth-order valence-corrected chi connectivity index (χ4v) is 1.64. The third-order valence-electron chi connectivity index (χ3n) is 2.53. The van der Waals surface area contributed by atoms with Gasteiger partial charge in [0, 0.05) is 39.9 Å². The molecule has 1 amide bonds. The summed E-state index contributed by atoms with van der Waals surface area (Å²) < 4.78 is 4.97. The molecule has 0 aliphatic heterocycles. The minimum atomic E-state index is -0.0767. The van der Waals surface area contributed by atoms with Gasteiger partial charge in [-0.25, -0.2) is 0 Å². The minimum Gasteiger partial charge on any atom is -0.383 e. The first-order chi connectivity index (χ1) is 9.65. The number of anilines is 1. The van der Waals surface area contributed by atoms with Crippen molar-refractivity contribution < 1.29 is 9.53 Å². The van der Waals surface area contributed by atoms with E-state index in [2.05, 4.69) is 20.9 Å². The Labute approximate surface area is 142 Å². The lowest BCUT2D eigenvalue weighted by Crippen LogP contribution is -2.38. The summed E-state index contributed by atoms with van der Waals surface area (Å²) in [5.74, 6) is 0.638. The van der Waals surface area contributed by atoms with Crippen LogP contribution in [0.25, 0.3) is 0 Å². The van der Waals surface area contributed by atoms with Crippen molar-refractivity contribution in [2.75, 3.05) is 32.6 Å². The van der Waals surface area contributed by atoms with Crippen LogP contribution in [0.5, 0.6) is 0 Å². The highest BCUT2D eigenvalue weighted by Gasteiger charge is 2.00. The number of carbonyl (C=O) groups excluding carboxylic acids is 1. The molecule has 0 saturated carbocycles. The number of carbonyl (C=O) groups is 1. The standard InChI is InChI=1S/C14H22N4O2.HI/c1-11(19)18-13-6-4-5-12(9-13)10-17-14(15-2)16-7-8-20-3;/h4-6,9H,7-8,10H2,1-3H3,(H,18,19)(H2,15,16,17);1H. The molecule has 1 aromatic rings. The van der Waals surface area contributed by atoms with Crippen LogP contribution in [0.1, 0.15) is 12.5 Å². The number of amides is 1. The van der Waals surface area contributed by atoms with E-state index in [0.717, 1.165) is 11.3 Å². The van der Waals surface area contributed by atoms with Crippen molar-refractivity contribution in [2.45, 2.75) is 13.5 Å². The average Bonchev–Trinajstić information content (AvgIpc) is 2.42. The van der Waals surface area contributed by atoms with Crippen molar-refractivity contribution in [3.8, 4) is 0 Å². The Morgan fingerprint density at radius 2 is 2.10 bits per heavy atom. The monoisotopic (exact) mass is 406 g/mol.